The second kappa shape index (κ2) is 6.32. The molecule has 0 unspecified atom stereocenters. The summed E-state index contributed by atoms with van der Waals surface area (Å²) in [5, 5.41) is 11.6. The minimum atomic E-state index is 0.596. The van der Waals surface area contributed by atoms with Crippen molar-refractivity contribution in [3.8, 4) is 0 Å². The van der Waals surface area contributed by atoms with Gasteiger partial charge in [0.15, 0.2) is 0 Å². The van der Waals surface area contributed by atoms with Crippen LogP contribution in [0, 0.1) is 13.8 Å². The molecule has 1 saturated heterocycles. The molecule has 1 N–H and O–H groups in total. The third-order valence-corrected chi connectivity index (χ3v) is 3.88. The van der Waals surface area contributed by atoms with E-state index in [-0.39, 0.29) is 0 Å². The second-order valence-corrected chi connectivity index (χ2v) is 5.44. The summed E-state index contributed by atoms with van der Waals surface area (Å²) in [7, 11) is 0. The number of aromatic nitrogens is 3. The topological polar surface area (TPSA) is 63.2 Å². The van der Waals surface area contributed by atoms with Crippen LogP contribution in [0.2, 0.25) is 0 Å². The van der Waals surface area contributed by atoms with Crippen LogP contribution in [-0.2, 0) is 4.74 Å². The van der Waals surface area contributed by atoms with E-state index >= 15 is 0 Å². The maximum atomic E-state index is 5.34. The molecule has 1 aromatic carbocycles. The lowest BCUT2D eigenvalue weighted by Crippen LogP contribution is -2.39. The maximum Gasteiger partial charge on any atom is 0.243 e. The van der Waals surface area contributed by atoms with Crippen molar-refractivity contribution in [2.24, 2.45) is 0 Å². The molecule has 6 heteroatoms. The number of fused-ring (bicyclic) bond motifs is 1. The van der Waals surface area contributed by atoms with Crippen LogP contribution in [0.3, 0.4) is 0 Å². The van der Waals surface area contributed by atoms with Crippen LogP contribution >= 0.6 is 0 Å². The van der Waals surface area contributed by atoms with Crippen LogP contribution in [0.4, 0.5) is 5.95 Å². The van der Waals surface area contributed by atoms with E-state index in [0.29, 0.717) is 5.95 Å². The van der Waals surface area contributed by atoms with Gasteiger partial charge in [0.1, 0.15) is 5.52 Å². The Morgan fingerprint density at radius 2 is 1.81 bits per heavy atom. The third kappa shape index (κ3) is 3.46. The fourth-order valence-electron chi connectivity index (χ4n) is 2.42. The van der Waals surface area contributed by atoms with Crippen LogP contribution in [-0.4, -0.2) is 59.5 Å². The summed E-state index contributed by atoms with van der Waals surface area (Å²) in [6.45, 7) is 9.59. The fraction of sp³-hybridized carbons (Fsp3) is 0.533. The number of aryl methyl sites for hydroxylation is 2. The third-order valence-electron chi connectivity index (χ3n) is 3.88. The minimum absolute atomic E-state index is 0.596. The normalized spacial score (nSPS) is 16.3. The molecule has 0 amide bonds. The van der Waals surface area contributed by atoms with E-state index in [0.717, 1.165) is 50.4 Å². The molecule has 112 valence electrons. The molecule has 1 aliphatic rings. The van der Waals surface area contributed by atoms with Gasteiger partial charge >= 0.3 is 0 Å². The first kappa shape index (κ1) is 14.2. The summed E-state index contributed by atoms with van der Waals surface area (Å²) in [5.41, 5.74) is 4.17. The van der Waals surface area contributed by atoms with E-state index in [4.69, 9.17) is 4.74 Å². The van der Waals surface area contributed by atoms with Crippen molar-refractivity contribution in [1.29, 1.82) is 0 Å². The van der Waals surface area contributed by atoms with Crippen LogP contribution in [0.1, 0.15) is 11.1 Å². The van der Waals surface area contributed by atoms with Gasteiger partial charge in [-0.3, -0.25) is 4.90 Å². The number of ether oxygens (including phenoxy) is 1. The molecule has 0 saturated carbocycles. The number of hydrogen-bond acceptors (Lipinski definition) is 6. The predicted octanol–water partition coefficient (Wildman–Crippen LogP) is 1.39. The molecule has 0 spiro atoms. The van der Waals surface area contributed by atoms with Crippen molar-refractivity contribution < 1.29 is 4.74 Å². The maximum absolute atomic E-state index is 5.34. The molecule has 0 atom stereocenters. The minimum Gasteiger partial charge on any atom is -0.379 e. The Morgan fingerprint density at radius 3 is 2.57 bits per heavy atom. The monoisotopic (exact) mass is 287 g/mol. The Hall–Kier alpha value is -1.79. The molecule has 0 radical (unpaired) electrons. The zero-order valence-electron chi connectivity index (χ0n) is 12.6. The van der Waals surface area contributed by atoms with E-state index in [1.807, 2.05) is 6.07 Å². The van der Waals surface area contributed by atoms with Gasteiger partial charge in [-0.25, -0.2) is 4.98 Å². The van der Waals surface area contributed by atoms with Gasteiger partial charge in [0.05, 0.1) is 18.7 Å². The van der Waals surface area contributed by atoms with Gasteiger partial charge in [0.2, 0.25) is 5.95 Å². The largest absolute Gasteiger partial charge is 0.379 e. The molecule has 1 fully saturated rings. The van der Waals surface area contributed by atoms with E-state index in [2.05, 4.69) is 45.3 Å². The smallest absolute Gasteiger partial charge is 0.243 e. The summed E-state index contributed by atoms with van der Waals surface area (Å²) in [5.74, 6) is 0.596. The highest BCUT2D eigenvalue weighted by molar-refractivity contribution is 5.76. The van der Waals surface area contributed by atoms with Crippen molar-refractivity contribution in [1.82, 2.24) is 20.1 Å². The Kier molecular flexibility index (Phi) is 4.26. The summed E-state index contributed by atoms with van der Waals surface area (Å²) < 4.78 is 5.34. The lowest BCUT2D eigenvalue weighted by Gasteiger charge is -2.26. The van der Waals surface area contributed by atoms with Crippen molar-refractivity contribution >= 4 is 17.0 Å². The van der Waals surface area contributed by atoms with Gasteiger partial charge in [-0.05, 0) is 37.1 Å². The number of hydrogen-bond donors (Lipinski definition) is 1. The highest BCUT2D eigenvalue weighted by Crippen LogP contribution is 2.16. The Bertz CT molecular complexity index is 625. The quantitative estimate of drug-likeness (QED) is 0.917. The fourth-order valence-corrected chi connectivity index (χ4v) is 2.42. The summed E-state index contributed by atoms with van der Waals surface area (Å²) in [6, 6.07) is 4.09. The van der Waals surface area contributed by atoms with Gasteiger partial charge in [-0.1, -0.05) is 0 Å². The average Bonchev–Trinajstić information content (AvgIpc) is 2.50. The van der Waals surface area contributed by atoms with Crippen LogP contribution in [0.5, 0.6) is 0 Å². The molecule has 2 heterocycles. The first-order valence-electron chi connectivity index (χ1n) is 7.38. The van der Waals surface area contributed by atoms with Crippen molar-refractivity contribution in [2.45, 2.75) is 13.8 Å². The SMILES string of the molecule is Cc1cc2nnc(NCCN3CCOCC3)nc2cc1C. The number of morpholine rings is 1. The Balaban J connectivity index is 1.62. The number of nitrogens with one attached hydrogen (secondary N) is 1. The van der Waals surface area contributed by atoms with Crippen molar-refractivity contribution in [3.05, 3.63) is 23.3 Å². The molecular formula is C15H21N5O. The second-order valence-electron chi connectivity index (χ2n) is 5.44. The molecule has 21 heavy (non-hydrogen) atoms. The standard InChI is InChI=1S/C15H21N5O/c1-11-9-13-14(10-12(11)2)18-19-15(17-13)16-3-4-20-5-7-21-8-6-20/h9-10H,3-8H2,1-2H3,(H,16,17,19). The summed E-state index contributed by atoms with van der Waals surface area (Å²) in [6.07, 6.45) is 0. The van der Waals surface area contributed by atoms with Crippen LogP contribution < -0.4 is 5.32 Å². The predicted molar refractivity (Wildman–Crippen MR) is 82.6 cm³/mol. The van der Waals surface area contributed by atoms with Gasteiger partial charge in [0, 0.05) is 26.2 Å². The van der Waals surface area contributed by atoms with Gasteiger partial charge in [0.25, 0.3) is 0 Å². The molecule has 3 rings (SSSR count). The molecule has 6 nitrogen and oxygen atoms in total. The first-order chi connectivity index (χ1) is 10.2. The van der Waals surface area contributed by atoms with Crippen molar-refractivity contribution in [2.75, 3.05) is 44.7 Å². The number of rotatable bonds is 4. The Morgan fingerprint density at radius 1 is 1.10 bits per heavy atom. The molecule has 2 aromatic rings. The summed E-state index contributed by atoms with van der Waals surface area (Å²) >= 11 is 0. The summed E-state index contributed by atoms with van der Waals surface area (Å²) in [4.78, 5) is 6.91. The highest BCUT2D eigenvalue weighted by Gasteiger charge is 2.10. The van der Waals surface area contributed by atoms with E-state index < -0.39 is 0 Å². The molecule has 1 aliphatic heterocycles. The zero-order valence-corrected chi connectivity index (χ0v) is 12.6. The average molecular weight is 287 g/mol. The number of anilines is 1. The molecule has 0 bridgehead atoms. The Labute approximate surface area is 124 Å². The highest BCUT2D eigenvalue weighted by atomic mass is 16.5. The van der Waals surface area contributed by atoms with Crippen LogP contribution in [0.15, 0.2) is 12.1 Å². The van der Waals surface area contributed by atoms with Gasteiger partial charge in [-0.15, -0.1) is 10.2 Å². The molecule has 0 aliphatic carbocycles. The van der Waals surface area contributed by atoms with Crippen LogP contribution in [0.25, 0.3) is 11.0 Å². The van der Waals surface area contributed by atoms with E-state index in [9.17, 15) is 0 Å². The lowest BCUT2D eigenvalue weighted by atomic mass is 10.1. The van der Waals surface area contributed by atoms with Gasteiger partial charge in [-0.2, -0.15) is 0 Å². The molecular weight excluding hydrogens is 266 g/mol. The molecule has 1 aromatic heterocycles. The van der Waals surface area contributed by atoms with Gasteiger partial charge < -0.3 is 10.1 Å². The van der Waals surface area contributed by atoms with E-state index in [1.54, 1.807) is 0 Å². The van der Waals surface area contributed by atoms with E-state index in [1.165, 1.54) is 11.1 Å². The zero-order chi connectivity index (χ0) is 14.7. The first-order valence-corrected chi connectivity index (χ1v) is 7.38. The lowest BCUT2D eigenvalue weighted by molar-refractivity contribution is 0.0398. The van der Waals surface area contributed by atoms with Crippen molar-refractivity contribution in [3.63, 3.8) is 0 Å². The number of nitrogens with zero attached hydrogens (tertiary/aromatic N) is 4. The number of benzene rings is 1.